The van der Waals surface area contributed by atoms with Gasteiger partial charge in [0, 0.05) is 29.3 Å². The highest BCUT2D eigenvalue weighted by Gasteiger charge is 2.11. The Hall–Kier alpha value is -1.07. The highest BCUT2D eigenvalue weighted by atomic mass is 79.9. The number of amides is 1. The second kappa shape index (κ2) is 7.50. The monoisotopic (exact) mass is 328 g/mol. The zero-order valence-corrected chi connectivity index (χ0v) is 13.2. The molecular weight excluding hydrogens is 308 g/mol. The van der Waals surface area contributed by atoms with Crippen molar-refractivity contribution in [2.45, 2.75) is 20.5 Å². The van der Waals surface area contributed by atoms with Crippen LogP contribution >= 0.6 is 15.9 Å². The maximum Gasteiger partial charge on any atom is 0.239 e. The van der Waals surface area contributed by atoms with Crippen molar-refractivity contribution in [2.75, 3.05) is 25.0 Å². The number of nitrogens with one attached hydrogen (secondary N) is 1. The molecule has 0 aromatic heterocycles. The Morgan fingerprint density at radius 1 is 1.47 bits per heavy atom. The van der Waals surface area contributed by atoms with Crippen molar-refractivity contribution in [1.82, 2.24) is 5.32 Å². The van der Waals surface area contributed by atoms with Crippen molar-refractivity contribution in [2.24, 2.45) is 5.92 Å². The van der Waals surface area contributed by atoms with Crippen molar-refractivity contribution in [3.63, 3.8) is 0 Å². The first-order chi connectivity index (χ1) is 8.93. The number of aliphatic hydroxyl groups excluding tert-OH is 1. The number of nitrogens with zero attached hydrogens (tertiary/aromatic N) is 1. The van der Waals surface area contributed by atoms with E-state index in [0.717, 1.165) is 15.7 Å². The quantitative estimate of drug-likeness (QED) is 0.841. The van der Waals surface area contributed by atoms with Crippen LogP contribution in [0.15, 0.2) is 22.7 Å². The van der Waals surface area contributed by atoms with Gasteiger partial charge in [-0.25, -0.2) is 0 Å². The minimum absolute atomic E-state index is 0.0138. The number of likely N-dealkylation sites (N-methyl/N-ethyl adjacent to an activating group) is 1. The van der Waals surface area contributed by atoms with Gasteiger partial charge in [0.05, 0.1) is 13.2 Å². The molecule has 1 amide bonds. The molecule has 0 saturated heterocycles. The fourth-order valence-corrected chi connectivity index (χ4v) is 2.05. The number of hydrogen-bond acceptors (Lipinski definition) is 3. The predicted octanol–water partition coefficient (Wildman–Crippen LogP) is 2.15. The zero-order chi connectivity index (χ0) is 14.4. The average molecular weight is 329 g/mol. The van der Waals surface area contributed by atoms with Crippen LogP contribution in [0.25, 0.3) is 0 Å². The Morgan fingerprint density at radius 2 is 2.16 bits per heavy atom. The Balaban J connectivity index is 2.69. The molecular formula is C14H21BrN2O2. The summed E-state index contributed by atoms with van der Waals surface area (Å²) >= 11 is 3.40. The molecule has 0 spiro atoms. The summed E-state index contributed by atoms with van der Waals surface area (Å²) in [6.07, 6.45) is 0. The molecule has 0 aliphatic carbocycles. The van der Waals surface area contributed by atoms with Gasteiger partial charge in [0.25, 0.3) is 0 Å². The summed E-state index contributed by atoms with van der Waals surface area (Å²) in [5.41, 5.74) is 1.67. The summed E-state index contributed by atoms with van der Waals surface area (Å²) < 4.78 is 0.925. The third-order valence-electron chi connectivity index (χ3n) is 2.72. The molecule has 19 heavy (non-hydrogen) atoms. The van der Waals surface area contributed by atoms with Crippen LogP contribution in [0.4, 0.5) is 5.69 Å². The summed E-state index contributed by atoms with van der Waals surface area (Å²) in [6, 6.07) is 5.63. The molecule has 0 aliphatic heterocycles. The third-order valence-corrected chi connectivity index (χ3v) is 3.21. The van der Waals surface area contributed by atoms with Gasteiger partial charge in [-0.3, -0.25) is 4.79 Å². The Kier molecular flexibility index (Phi) is 6.31. The van der Waals surface area contributed by atoms with E-state index in [1.807, 2.05) is 30.1 Å². The van der Waals surface area contributed by atoms with Crippen molar-refractivity contribution in [3.8, 4) is 0 Å². The molecule has 0 unspecified atom stereocenters. The van der Waals surface area contributed by atoms with Crippen LogP contribution in [0.5, 0.6) is 0 Å². The zero-order valence-electron chi connectivity index (χ0n) is 11.6. The van der Waals surface area contributed by atoms with Crippen molar-refractivity contribution < 1.29 is 9.90 Å². The first-order valence-electron chi connectivity index (χ1n) is 6.31. The number of aliphatic hydroxyl groups is 1. The Labute approximate surface area is 122 Å². The largest absolute Gasteiger partial charge is 0.392 e. The minimum atomic E-state index is -0.0411. The summed E-state index contributed by atoms with van der Waals surface area (Å²) in [7, 11) is 1.84. The highest BCUT2D eigenvalue weighted by Crippen LogP contribution is 2.24. The van der Waals surface area contributed by atoms with E-state index in [9.17, 15) is 9.90 Å². The molecule has 0 bridgehead atoms. The van der Waals surface area contributed by atoms with Crippen LogP contribution in [-0.2, 0) is 11.4 Å². The number of halogens is 1. The molecule has 0 aliphatic rings. The maximum atomic E-state index is 11.8. The van der Waals surface area contributed by atoms with Gasteiger partial charge < -0.3 is 15.3 Å². The topological polar surface area (TPSA) is 52.6 Å². The lowest BCUT2D eigenvalue weighted by Gasteiger charge is -2.22. The van der Waals surface area contributed by atoms with Crippen LogP contribution in [0, 0.1) is 5.92 Å². The lowest BCUT2D eigenvalue weighted by atomic mass is 10.1. The predicted molar refractivity (Wildman–Crippen MR) is 81.2 cm³/mol. The van der Waals surface area contributed by atoms with Gasteiger partial charge in [-0.15, -0.1) is 0 Å². The number of carbonyl (C=O) groups excluding carboxylic acids is 1. The van der Waals surface area contributed by atoms with E-state index in [-0.39, 0.29) is 19.1 Å². The first kappa shape index (κ1) is 16.0. The summed E-state index contributed by atoms with van der Waals surface area (Å²) in [5.74, 6) is 0.424. The lowest BCUT2D eigenvalue weighted by molar-refractivity contribution is -0.119. The van der Waals surface area contributed by atoms with Gasteiger partial charge in [0.2, 0.25) is 5.91 Å². The van der Waals surface area contributed by atoms with Gasteiger partial charge in [-0.1, -0.05) is 35.8 Å². The molecule has 5 heteroatoms. The number of rotatable bonds is 6. The molecule has 1 aromatic rings. The Morgan fingerprint density at radius 3 is 2.74 bits per heavy atom. The first-order valence-corrected chi connectivity index (χ1v) is 7.10. The fourth-order valence-electron chi connectivity index (χ4n) is 1.70. The van der Waals surface area contributed by atoms with Crippen LogP contribution in [0.3, 0.4) is 0 Å². The second-order valence-corrected chi connectivity index (χ2v) is 5.90. The van der Waals surface area contributed by atoms with Crippen molar-refractivity contribution in [1.29, 1.82) is 0 Å². The molecule has 0 fully saturated rings. The van der Waals surface area contributed by atoms with E-state index in [4.69, 9.17) is 0 Å². The van der Waals surface area contributed by atoms with Crippen molar-refractivity contribution in [3.05, 3.63) is 28.2 Å². The van der Waals surface area contributed by atoms with Gasteiger partial charge in [-0.05, 0) is 18.1 Å². The summed E-state index contributed by atoms with van der Waals surface area (Å²) in [4.78, 5) is 13.6. The molecule has 4 nitrogen and oxygen atoms in total. The van der Waals surface area contributed by atoms with Gasteiger partial charge in [0.1, 0.15) is 0 Å². The molecule has 0 heterocycles. The second-order valence-electron chi connectivity index (χ2n) is 4.99. The molecule has 1 aromatic carbocycles. The van der Waals surface area contributed by atoms with Crippen molar-refractivity contribution >= 4 is 27.5 Å². The normalized spacial score (nSPS) is 10.6. The number of hydrogen-bond donors (Lipinski definition) is 2. The lowest BCUT2D eigenvalue weighted by Crippen LogP contribution is -2.37. The smallest absolute Gasteiger partial charge is 0.239 e. The highest BCUT2D eigenvalue weighted by molar-refractivity contribution is 9.10. The van der Waals surface area contributed by atoms with Crippen LogP contribution in [0.2, 0.25) is 0 Å². The average Bonchev–Trinajstić information content (AvgIpc) is 2.36. The van der Waals surface area contributed by atoms with Crippen LogP contribution in [0.1, 0.15) is 19.4 Å². The fraction of sp³-hybridized carbons (Fsp3) is 0.500. The van der Waals surface area contributed by atoms with E-state index in [1.54, 1.807) is 0 Å². The maximum absolute atomic E-state index is 11.8. The minimum Gasteiger partial charge on any atom is -0.392 e. The number of carbonyl (C=O) groups is 1. The van der Waals surface area contributed by atoms with E-state index in [2.05, 4.69) is 35.1 Å². The standard InChI is InChI=1S/C14H21BrN2O2/c1-10(2)7-16-14(19)8-17(3)13-6-12(15)5-4-11(13)9-18/h4-6,10,18H,7-9H2,1-3H3,(H,16,19). The van der Waals surface area contributed by atoms with E-state index in [1.165, 1.54) is 0 Å². The van der Waals surface area contributed by atoms with Crippen LogP contribution in [-0.4, -0.2) is 31.2 Å². The molecule has 2 N–H and O–H groups in total. The van der Waals surface area contributed by atoms with E-state index in [0.29, 0.717) is 12.5 Å². The molecule has 0 radical (unpaired) electrons. The van der Waals surface area contributed by atoms with E-state index < -0.39 is 0 Å². The molecule has 1 rings (SSSR count). The molecule has 0 saturated carbocycles. The number of benzene rings is 1. The summed E-state index contributed by atoms with van der Waals surface area (Å²) in [5, 5.41) is 12.2. The summed E-state index contributed by atoms with van der Waals surface area (Å²) in [6.45, 7) is 5.03. The molecule has 106 valence electrons. The van der Waals surface area contributed by atoms with Gasteiger partial charge >= 0.3 is 0 Å². The van der Waals surface area contributed by atoms with Gasteiger partial charge in [0.15, 0.2) is 0 Å². The third kappa shape index (κ3) is 5.20. The number of anilines is 1. The van der Waals surface area contributed by atoms with Crippen LogP contribution < -0.4 is 10.2 Å². The Bertz CT molecular complexity index is 435. The SMILES string of the molecule is CC(C)CNC(=O)CN(C)c1cc(Br)ccc1CO. The van der Waals surface area contributed by atoms with Gasteiger partial charge in [-0.2, -0.15) is 0 Å². The van der Waals surface area contributed by atoms with E-state index >= 15 is 0 Å². The molecule has 0 atom stereocenters.